The Labute approximate surface area is 826 Å². The van der Waals surface area contributed by atoms with Crippen LogP contribution in [0.15, 0.2) is 127 Å². The molecule has 3 atom stereocenters. The van der Waals surface area contributed by atoms with E-state index in [1.807, 2.05) is 52.0 Å². The predicted molar refractivity (Wildman–Crippen MR) is 550 cm³/mol. The summed E-state index contributed by atoms with van der Waals surface area (Å²) in [6.45, 7) is 72.6. The van der Waals surface area contributed by atoms with Gasteiger partial charge in [-0.3, -0.25) is 19.2 Å². The zero-order valence-electron chi connectivity index (χ0n) is 88.3. The van der Waals surface area contributed by atoms with Crippen LogP contribution in [0.2, 0.25) is 0 Å². The van der Waals surface area contributed by atoms with Gasteiger partial charge < -0.3 is 65.5 Å². The van der Waals surface area contributed by atoms with Gasteiger partial charge in [0.25, 0.3) is 0 Å². The van der Waals surface area contributed by atoms with Crippen molar-refractivity contribution in [1.82, 2.24) is 0 Å². The molecule has 4 heterocycles. The zero-order chi connectivity index (χ0) is 103. The highest BCUT2D eigenvalue weighted by molar-refractivity contribution is 7.97. The number of esters is 6. The van der Waals surface area contributed by atoms with Crippen molar-refractivity contribution < 1.29 is 109 Å². The number of quaternary nitrogens is 1. The standard InChI is InChI=1S/C18H32N.C13H20.2C12H16O2.C11H16.3C10H16O4.C6H12O2.C6H13S.BF4.2ClH/c1-7-18(5,6)17-13-11-16(12-14-17)15-19(8-2,9-3)10-4;1-5-11-7-9-12(10-8-11)13(3,4)6-2;2*1-4-12(2,3)10-7-5-9(6-8-10)11(13)14;1-4-11(2,3)10-8-6-5-7-9-10;3*1-4-10(2,3)9(12)14-7-5-6-13-8(7)11;1-4-6(2,3)5(7)8;1-2-7-5-3-4-6-7;2-1(3,4)5;;/h11-14H,7-10,15H2,1-6H3;7-10H,5-6H2,1-4H3;2*5-8H,4H2,1-3H3,(H,13,14);5-9H,4H2,1-3H3;3*7H,4-6H2,1-3H3;4H2,1-3H3,(H,7,8);2-6H2,1H3;;2*1H/q+1;;;;;;;;;+1;-1;;. The van der Waals surface area contributed by atoms with Crippen molar-refractivity contribution in [2.45, 2.75) is 370 Å². The third-order valence-electron chi connectivity index (χ3n) is 26.9. The van der Waals surface area contributed by atoms with Crippen molar-refractivity contribution in [3.05, 3.63) is 177 Å². The SMILES string of the molecule is CCC(C)(C)C(=O)O.CCC(C)(C)C(=O)OC1CCOC1=O.CCC(C)(C)C(=O)OC1CCOC1=O.CCC(C)(C)C(=O)OC1CCOC1=O.CCC(C)(C)c1ccc(C(=O)O)cc1.CCC(C)(C)c1ccc(C(=O)O)cc1.CCC(C)(C)c1ccc(C[N+](CC)(CC)CC)cc1.CCC(C)(C)c1ccccc1.CC[S+]1CCCC1.CCc1ccc(C(C)(C)CC)cc1.Cl.Cl.F[B-](F)(F)F. The van der Waals surface area contributed by atoms with Crippen LogP contribution >= 0.6 is 24.8 Å². The topological polar surface area (TPSA) is 270 Å². The summed E-state index contributed by atoms with van der Waals surface area (Å²) in [7, 11) is -5.13. The summed E-state index contributed by atoms with van der Waals surface area (Å²) in [6.07, 6.45) is 11.9. The average molecular weight is 1970 g/mol. The minimum Gasteiger partial charge on any atom is -0.481 e. The summed E-state index contributed by atoms with van der Waals surface area (Å²) in [6, 6.07) is 43.2. The van der Waals surface area contributed by atoms with Gasteiger partial charge in [0.2, 0.25) is 18.3 Å². The molecule has 27 heteroatoms. The molecule has 0 saturated carbocycles. The molecule has 0 bridgehead atoms. The Hall–Kier alpha value is -8.00. The van der Waals surface area contributed by atoms with Crippen LogP contribution in [0.1, 0.15) is 371 Å². The quantitative estimate of drug-likeness (QED) is 0.00962. The maximum Gasteiger partial charge on any atom is 0.673 e. The summed E-state index contributed by atoms with van der Waals surface area (Å²) in [4.78, 5) is 99.3. The van der Waals surface area contributed by atoms with Gasteiger partial charge in [0, 0.05) is 24.8 Å². The lowest BCUT2D eigenvalue weighted by Gasteiger charge is -2.36. The number of rotatable bonds is 30. The van der Waals surface area contributed by atoms with E-state index in [1.54, 1.807) is 79.7 Å². The van der Waals surface area contributed by atoms with Crippen LogP contribution in [0, 0.1) is 21.7 Å². The predicted octanol–water partition coefficient (Wildman–Crippen LogP) is 27.1. The lowest BCUT2D eigenvalue weighted by molar-refractivity contribution is -0.936. The van der Waals surface area contributed by atoms with Gasteiger partial charge in [-0.15, -0.1) is 24.8 Å². The molecule has 4 saturated heterocycles. The van der Waals surface area contributed by atoms with Crippen molar-refractivity contribution >= 4 is 96.7 Å². The highest BCUT2D eigenvalue weighted by Crippen LogP contribution is 2.34. The van der Waals surface area contributed by atoms with E-state index in [0.717, 1.165) is 36.7 Å². The molecule has 9 rings (SSSR count). The number of aryl methyl sites for hydroxylation is 1. The molecule has 3 unspecified atom stereocenters. The molecule has 0 aromatic heterocycles. The summed E-state index contributed by atoms with van der Waals surface area (Å²) >= 11 is 0. The van der Waals surface area contributed by atoms with Crippen LogP contribution in [-0.4, -0.2) is 156 Å². The van der Waals surface area contributed by atoms with E-state index < -0.39 is 83.0 Å². The highest BCUT2D eigenvalue weighted by atomic mass is 35.5. The number of hydrogen-bond donors (Lipinski definition) is 3. The van der Waals surface area contributed by atoms with E-state index in [0.29, 0.717) is 92.1 Å². The van der Waals surface area contributed by atoms with Gasteiger partial charge in [-0.25, -0.2) is 24.0 Å². The van der Waals surface area contributed by atoms with Crippen molar-refractivity contribution in [1.29, 1.82) is 0 Å². The molecule has 4 aliphatic rings. The van der Waals surface area contributed by atoms with Gasteiger partial charge in [-0.2, -0.15) is 0 Å². The second-order valence-corrected chi connectivity index (χ2v) is 42.4. The van der Waals surface area contributed by atoms with Crippen LogP contribution in [-0.2, 0) is 113 Å². The summed E-state index contributed by atoms with van der Waals surface area (Å²) in [5.41, 5.74) is 9.39. The van der Waals surface area contributed by atoms with E-state index >= 15 is 0 Å². The number of benzene rings is 5. The third kappa shape index (κ3) is 50.4. The average Bonchev–Trinajstić information content (AvgIpc) is 1.76. The number of aromatic carboxylic acids is 2. The molecular formula is C108H175BCl2F4NO18S+. The first-order valence-corrected chi connectivity index (χ1v) is 49.9. The van der Waals surface area contributed by atoms with Gasteiger partial charge in [-0.1, -0.05) is 242 Å². The number of carboxylic acid groups (broad SMARTS) is 3. The van der Waals surface area contributed by atoms with E-state index in [-0.39, 0.29) is 53.6 Å². The number of aliphatic carboxylic acids is 1. The van der Waals surface area contributed by atoms with Gasteiger partial charge >= 0.3 is 61.0 Å². The third-order valence-corrected chi connectivity index (χ3v) is 29.5. The molecule has 0 radical (unpaired) electrons. The van der Waals surface area contributed by atoms with Crippen molar-refractivity contribution in [2.24, 2.45) is 21.7 Å². The first kappa shape index (κ1) is 133. The minimum absolute atomic E-state index is 0. The monoisotopic (exact) mass is 1960 g/mol. The lowest BCUT2D eigenvalue weighted by Crippen LogP contribution is -2.46. The van der Waals surface area contributed by atoms with Crippen LogP contribution in [0.3, 0.4) is 0 Å². The van der Waals surface area contributed by atoms with Crippen molar-refractivity contribution in [3.63, 3.8) is 0 Å². The number of carboxylic acids is 3. The van der Waals surface area contributed by atoms with Crippen LogP contribution in [0.4, 0.5) is 17.3 Å². The molecule has 3 N–H and O–H groups in total. The van der Waals surface area contributed by atoms with E-state index in [1.165, 1.54) is 112 Å². The summed E-state index contributed by atoms with van der Waals surface area (Å²) in [5, 5.41) is 25.9. The largest absolute Gasteiger partial charge is 0.673 e. The second-order valence-electron chi connectivity index (χ2n) is 39.8. The Balaban J connectivity index is -0.000000706. The Morgan fingerprint density at radius 1 is 0.363 bits per heavy atom. The molecule has 5 aromatic rings. The number of carbonyl (C=O) groups is 9. The number of carbonyl (C=O) groups excluding carboxylic acids is 6. The minimum atomic E-state index is -6.00. The molecule has 770 valence electrons. The lowest BCUT2D eigenvalue weighted by atomic mass is 9.82. The smallest absolute Gasteiger partial charge is 0.481 e. The second kappa shape index (κ2) is 63.6. The summed E-state index contributed by atoms with van der Waals surface area (Å²) in [5.74, 6) is -0.207. The van der Waals surface area contributed by atoms with Gasteiger partial charge in [-0.05, 0) is 256 Å². The Kier molecular flexibility index (Phi) is 62.7. The first-order valence-electron chi connectivity index (χ1n) is 48.1. The van der Waals surface area contributed by atoms with Gasteiger partial charge in [0.15, 0.2) is 0 Å². The molecule has 19 nitrogen and oxygen atoms in total. The van der Waals surface area contributed by atoms with E-state index in [2.05, 4.69) is 217 Å². The van der Waals surface area contributed by atoms with E-state index in [4.69, 9.17) is 43.7 Å². The van der Waals surface area contributed by atoms with Crippen molar-refractivity contribution in [3.8, 4) is 0 Å². The number of ether oxygens (including phenoxy) is 6. The fourth-order valence-corrected chi connectivity index (χ4v) is 13.9. The molecule has 5 aromatic carbocycles. The number of nitrogens with zero attached hydrogens (tertiary/aromatic N) is 1. The zero-order valence-corrected chi connectivity index (χ0v) is 90.7. The fraction of sp³-hybridized carbons (Fsp3) is 0.639. The van der Waals surface area contributed by atoms with Crippen molar-refractivity contribution in [2.75, 3.05) is 56.7 Å². The Morgan fingerprint density at radius 2 is 0.600 bits per heavy atom. The molecule has 4 fully saturated rings. The normalized spacial score (nSPS) is 15.4. The molecular weight excluding hydrogens is 1790 g/mol. The van der Waals surface area contributed by atoms with Crippen LogP contribution in [0.25, 0.3) is 0 Å². The fourth-order valence-electron chi connectivity index (χ4n) is 11.9. The highest BCUT2D eigenvalue weighted by Gasteiger charge is 2.39. The molecule has 4 aliphatic heterocycles. The molecule has 0 spiro atoms. The van der Waals surface area contributed by atoms with Gasteiger partial charge in [0.1, 0.15) is 23.8 Å². The first-order chi connectivity index (χ1) is 61.5. The summed E-state index contributed by atoms with van der Waals surface area (Å²) < 4.78 is 69.5. The van der Waals surface area contributed by atoms with Crippen LogP contribution < -0.4 is 0 Å². The number of hydrogen-bond acceptors (Lipinski definition) is 15. The van der Waals surface area contributed by atoms with Gasteiger partial charge in [0.05, 0.1) is 72.2 Å². The number of cyclic esters (lactones) is 3. The maximum atomic E-state index is 11.6. The maximum absolute atomic E-state index is 11.6. The van der Waals surface area contributed by atoms with E-state index in [9.17, 15) is 60.4 Å². The molecule has 0 aliphatic carbocycles. The molecule has 0 amide bonds. The number of halogens is 6. The Bertz CT molecular complexity index is 4020. The van der Waals surface area contributed by atoms with Crippen LogP contribution in [0.5, 0.6) is 0 Å². The Morgan fingerprint density at radius 3 is 0.778 bits per heavy atom. The molecule has 135 heavy (non-hydrogen) atoms.